The Labute approximate surface area is 141 Å². The van der Waals surface area contributed by atoms with Crippen molar-refractivity contribution in [1.82, 2.24) is 0 Å². The third-order valence-corrected chi connectivity index (χ3v) is 4.01. The van der Waals surface area contributed by atoms with E-state index in [4.69, 9.17) is 4.74 Å². The number of carbonyl (C=O) groups excluding carboxylic acids is 1. The Balaban J connectivity index is 2.51. The summed E-state index contributed by atoms with van der Waals surface area (Å²) in [7, 11) is 0. The van der Waals surface area contributed by atoms with Crippen LogP contribution in [0.3, 0.4) is 0 Å². The van der Waals surface area contributed by atoms with Crippen LogP contribution in [0.2, 0.25) is 0 Å². The number of ether oxygens (including phenoxy) is 1. The molecule has 0 saturated heterocycles. The third-order valence-electron chi connectivity index (χ3n) is 4.01. The maximum atomic E-state index is 11.0. The lowest BCUT2D eigenvalue weighted by Crippen LogP contribution is -2.15. The van der Waals surface area contributed by atoms with Crippen LogP contribution in [0.4, 0.5) is 0 Å². The number of benzene rings is 1. The number of rotatable bonds is 12. The number of Topliss-reactive ketones (excluding diaryl/α,β-unsaturated/α-hetero) is 1. The number of aryl methyl sites for hydroxylation is 1. The largest absolute Gasteiger partial charge is 0.490 e. The standard InChI is InChI=1S/C21H32O2/c1-4-6-8-9-11-20(10-7-5-2)23-21-16-14-19(15-17-21)13-12-18(3)22/h5,7,14-17,20H,4,6,8-13H2,1-3H3/b7-5+. The van der Waals surface area contributed by atoms with E-state index in [0.717, 1.165) is 25.0 Å². The smallest absolute Gasteiger partial charge is 0.130 e. The van der Waals surface area contributed by atoms with Gasteiger partial charge in [0, 0.05) is 12.8 Å². The lowest BCUT2D eigenvalue weighted by Gasteiger charge is -2.18. The molecule has 2 heteroatoms. The van der Waals surface area contributed by atoms with Crippen LogP contribution in [0.25, 0.3) is 0 Å². The fourth-order valence-corrected chi connectivity index (χ4v) is 2.56. The first-order valence-corrected chi connectivity index (χ1v) is 9.01. The Kier molecular flexibility index (Phi) is 10.1. The number of hydrogen-bond acceptors (Lipinski definition) is 2. The molecular formula is C21H32O2. The van der Waals surface area contributed by atoms with Crippen LogP contribution >= 0.6 is 0 Å². The predicted molar refractivity (Wildman–Crippen MR) is 98.1 cm³/mol. The Bertz CT molecular complexity index is 459. The van der Waals surface area contributed by atoms with E-state index in [2.05, 4.69) is 38.1 Å². The lowest BCUT2D eigenvalue weighted by atomic mass is 10.1. The minimum Gasteiger partial charge on any atom is -0.490 e. The predicted octanol–water partition coefficient (Wildman–Crippen LogP) is 5.89. The molecule has 0 radical (unpaired) electrons. The van der Waals surface area contributed by atoms with Gasteiger partial charge in [0.1, 0.15) is 17.6 Å². The molecule has 1 atom stereocenters. The number of allylic oxidation sites excluding steroid dienone is 1. The summed E-state index contributed by atoms with van der Waals surface area (Å²) in [5.74, 6) is 1.17. The molecule has 0 bridgehead atoms. The zero-order valence-electron chi connectivity index (χ0n) is 15.0. The van der Waals surface area contributed by atoms with E-state index in [-0.39, 0.29) is 11.9 Å². The van der Waals surface area contributed by atoms with Gasteiger partial charge in [0.05, 0.1) is 0 Å². The molecule has 2 nitrogen and oxygen atoms in total. The van der Waals surface area contributed by atoms with Crippen molar-refractivity contribution in [3.05, 3.63) is 42.0 Å². The highest BCUT2D eigenvalue weighted by atomic mass is 16.5. The Morgan fingerprint density at radius 3 is 2.52 bits per heavy atom. The van der Waals surface area contributed by atoms with Gasteiger partial charge in [-0.3, -0.25) is 0 Å². The van der Waals surface area contributed by atoms with Crippen molar-refractivity contribution in [3.63, 3.8) is 0 Å². The molecule has 0 aromatic heterocycles. The number of unbranched alkanes of at least 4 members (excludes halogenated alkanes) is 3. The van der Waals surface area contributed by atoms with Crippen molar-refractivity contribution in [3.8, 4) is 5.75 Å². The number of ketones is 1. The average Bonchev–Trinajstić information content (AvgIpc) is 2.55. The molecule has 0 aliphatic heterocycles. The molecule has 128 valence electrons. The van der Waals surface area contributed by atoms with E-state index in [1.54, 1.807) is 6.92 Å². The number of hydrogen-bond donors (Lipinski definition) is 0. The molecule has 1 rings (SSSR count). The number of carbonyl (C=O) groups is 1. The molecule has 1 aromatic carbocycles. The molecule has 0 heterocycles. The summed E-state index contributed by atoms with van der Waals surface area (Å²) in [4.78, 5) is 11.0. The Hall–Kier alpha value is -1.57. The van der Waals surface area contributed by atoms with Gasteiger partial charge in [0.2, 0.25) is 0 Å². The summed E-state index contributed by atoms with van der Waals surface area (Å²) in [6.07, 6.45) is 13.1. The summed E-state index contributed by atoms with van der Waals surface area (Å²) in [6.45, 7) is 5.93. The van der Waals surface area contributed by atoms with Crippen LogP contribution < -0.4 is 4.74 Å². The van der Waals surface area contributed by atoms with Crippen molar-refractivity contribution in [2.75, 3.05) is 0 Å². The second-order valence-electron chi connectivity index (χ2n) is 6.24. The van der Waals surface area contributed by atoms with Crippen LogP contribution in [0, 0.1) is 0 Å². The zero-order valence-corrected chi connectivity index (χ0v) is 15.0. The first-order valence-electron chi connectivity index (χ1n) is 9.01. The maximum Gasteiger partial charge on any atom is 0.130 e. The molecule has 0 amide bonds. The highest BCUT2D eigenvalue weighted by molar-refractivity contribution is 5.75. The minimum absolute atomic E-state index is 0.240. The highest BCUT2D eigenvalue weighted by Gasteiger charge is 2.09. The van der Waals surface area contributed by atoms with Crippen LogP contribution in [0.5, 0.6) is 5.75 Å². The Morgan fingerprint density at radius 2 is 1.91 bits per heavy atom. The van der Waals surface area contributed by atoms with E-state index < -0.39 is 0 Å². The van der Waals surface area contributed by atoms with Crippen molar-refractivity contribution in [2.24, 2.45) is 0 Å². The summed E-state index contributed by atoms with van der Waals surface area (Å²) in [5, 5.41) is 0. The monoisotopic (exact) mass is 316 g/mol. The van der Waals surface area contributed by atoms with Crippen molar-refractivity contribution in [1.29, 1.82) is 0 Å². The lowest BCUT2D eigenvalue weighted by molar-refractivity contribution is -0.116. The van der Waals surface area contributed by atoms with Crippen LogP contribution in [-0.2, 0) is 11.2 Å². The van der Waals surface area contributed by atoms with E-state index >= 15 is 0 Å². The van der Waals surface area contributed by atoms with Crippen molar-refractivity contribution in [2.45, 2.75) is 78.2 Å². The van der Waals surface area contributed by atoms with Gasteiger partial charge in [-0.05, 0) is 50.8 Å². The Morgan fingerprint density at radius 1 is 1.17 bits per heavy atom. The van der Waals surface area contributed by atoms with E-state index in [0.29, 0.717) is 6.42 Å². The van der Waals surface area contributed by atoms with Gasteiger partial charge in [-0.15, -0.1) is 0 Å². The second kappa shape index (κ2) is 11.9. The molecule has 0 N–H and O–H groups in total. The first-order chi connectivity index (χ1) is 11.2. The molecule has 0 aliphatic carbocycles. The SMILES string of the molecule is C/C=C/CC(CCCCCC)Oc1ccc(CCC(C)=O)cc1. The average molecular weight is 316 g/mol. The quantitative estimate of drug-likeness (QED) is 0.355. The van der Waals surface area contributed by atoms with Crippen LogP contribution in [0.1, 0.15) is 71.3 Å². The molecule has 1 aromatic rings. The summed E-state index contributed by atoms with van der Waals surface area (Å²) >= 11 is 0. The van der Waals surface area contributed by atoms with Crippen molar-refractivity contribution < 1.29 is 9.53 Å². The van der Waals surface area contributed by atoms with Gasteiger partial charge in [-0.2, -0.15) is 0 Å². The van der Waals surface area contributed by atoms with Gasteiger partial charge >= 0.3 is 0 Å². The fraction of sp³-hybridized carbons (Fsp3) is 0.571. The zero-order chi connectivity index (χ0) is 16.9. The summed E-state index contributed by atoms with van der Waals surface area (Å²) < 4.78 is 6.16. The van der Waals surface area contributed by atoms with Gasteiger partial charge in [-0.1, -0.05) is 50.5 Å². The summed E-state index contributed by atoms with van der Waals surface area (Å²) in [5.41, 5.74) is 1.19. The van der Waals surface area contributed by atoms with Crippen LogP contribution in [-0.4, -0.2) is 11.9 Å². The second-order valence-corrected chi connectivity index (χ2v) is 6.24. The normalized spacial score (nSPS) is 12.5. The molecule has 0 fully saturated rings. The maximum absolute atomic E-state index is 11.0. The molecule has 0 saturated carbocycles. The van der Waals surface area contributed by atoms with Gasteiger partial charge in [0.15, 0.2) is 0 Å². The van der Waals surface area contributed by atoms with Gasteiger partial charge in [-0.25, -0.2) is 0 Å². The molecular weight excluding hydrogens is 284 g/mol. The molecule has 23 heavy (non-hydrogen) atoms. The molecule has 0 spiro atoms. The van der Waals surface area contributed by atoms with E-state index in [1.165, 1.54) is 31.2 Å². The first kappa shape index (κ1) is 19.5. The molecule has 1 unspecified atom stereocenters. The summed E-state index contributed by atoms with van der Waals surface area (Å²) in [6, 6.07) is 8.21. The minimum atomic E-state index is 0.240. The molecule has 0 aliphatic rings. The fourth-order valence-electron chi connectivity index (χ4n) is 2.56. The third kappa shape index (κ3) is 9.22. The van der Waals surface area contributed by atoms with Crippen LogP contribution in [0.15, 0.2) is 36.4 Å². The van der Waals surface area contributed by atoms with Crippen molar-refractivity contribution >= 4 is 5.78 Å². The van der Waals surface area contributed by atoms with E-state index in [1.807, 2.05) is 12.1 Å². The van der Waals surface area contributed by atoms with Gasteiger partial charge in [0.25, 0.3) is 0 Å². The topological polar surface area (TPSA) is 26.3 Å². The highest BCUT2D eigenvalue weighted by Crippen LogP contribution is 2.19. The van der Waals surface area contributed by atoms with E-state index in [9.17, 15) is 4.79 Å². The van der Waals surface area contributed by atoms with Gasteiger partial charge < -0.3 is 9.53 Å².